The van der Waals surface area contributed by atoms with Gasteiger partial charge in [-0.3, -0.25) is 15.0 Å². The fraction of sp³-hybridized carbons (Fsp3) is 0.222. The summed E-state index contributed by atoms with van der Waals surface area (Å²) in [5.41, 5.74) is 2.70. The summed E-state index contributed by atoms with van der Waals surface area (Å²) in [6.45, 7) is -0.287. The molecule has 0 fully saturated rings. The van der Waals surface area contributed by atoms with E-state index < -0.39 is 18.1 Å². The highest BCUT2D eigenvalue weighted by molar-refractivity contribution is 5.59. The fourth-order valence-electron chi connectivity index (χ4n) is 2.67. The van der Waals surface area contributed by atoms with Gasteiger partial charge in [0.2, 0.25) is 0 Å². The molecule has 0 saturated carbocycles. The van der Waals surface area contributed by atoms with Crippen LogP contribution in [0.1, 0.15) is 23.5 Å². The largest absolute Gasteiger partial charge is 0.394 e. The maximum absolute atomic E-state index is 13.4. The van der Waals surface area contributed by atoms with Crippen LogP contribution in [0.25, 0.3) is 11.3 Å². The van der Waals surface area contributed by atoms with Crippen LogP contribution >= 0.6 is 0 Å². The number of nitrogens with zero attached hydrogens (tertiary/aromatic N) is 3. The number of nitrogens with one attached hydrogen (secondary N) is 1. The van der Waals surface area contributed by atoms with E-state index in [0.717, 1.165) is 11.3 Å². The summed E-state index contributed by atoms with van der Waals surface area (Å²) in [6.07, 6.45) is 2.26. The normalized spacial score (nSPS) is 13.6. The number of aliphatic hydroxyl groups is 2. The SMILES string of the molecule is Cn1nc(C(O)NC(CO)c2cccc(F)c2)cc1-c1ccncc1. The van der Waals surface area contributed by atoms with Gasteiger partial charge in [0, 0.05) is 25.0 Å². The van der Waals surface area contributed by atoms with Crippen molar-refractivity contribution in [3.05, 3.63) is 71.9 Å². The number of rotatable bonds is 6. The number of hydrogen-bond donors (Lipinski definition) is 3. The Hall–Kier alpha value is -2.61. The average Bonchev–Trinajstić information content (AvgIpc) is 3.02. The highest BCUT2D eigenvalue weighted by Gasteiger charge is 2.19. The summed E-state index contributed by atoms with van der Waals surface area (Å²) in [5.74, 6) is -0.398. The van der Waals surface area contributed by atoms with Crippen molar-refractivity contribution in [3.63, 3.8) is 0 Å². The van der Waals surface area contributed by atoms with Crippen molar-refractivity contribution in [2.24, 2.45) is 7.05 Å². The molecule has 7 heteroatoms. The summed E-state index contributed by atoms with van der Waals surface area (Å²) in [7, 11) is 1.78. The Morgan fingerprint density at radius 3 is 2.64 bits per heavy atom. The highest BCUT2D eigenvalue weighted by atomic mass is 19.1. The highest BCUT2D eigenvalue weighted by Crippen LogP contribution is 2.23. The van der Waals surface area contributed by atoms with E-state index >= 15 is 0 Å². The van der Waals surface area contributed by atoms with Gasteiger partial charge in [0.25, 0.3) is 0 Å². The number of benzene rings is 1. The molecule has 0 amide bonds. The number of halogens is 1. The third kappa shape index (κ3) is 3.90. The maximum atomic E-state index is 13.4. The Kier molecular flexibility index (Phi) is 5.18. The van der Waals surface area contributed by atoms with Gasteiger partial charge in [-0.15, -0.1) is 0 Å². The second-order valence-corrected chi connectivity index (χ2v) is 5.67. The smallest absolute Gasteiger partial charge is 0.150 e. The zero-order chi connectivity index (χ0) is 17.8. The summed E-state index contributed by atoms with van der Waals surface area (Å²) in [5, 5.41) is 27.2. The minimum atomic E-state index is -1.11. The van der Waals surface area contributed by atoms with Crippen molar-refractivity contribution in [2.75, 3.05) is 6.61 Å². The number of aromatic nitrogens is 3. The molecule has 0 aliphatic carbocycles. The Morgan fingerprint density at radius 1 is 1.20 bits per heavy atom. The van der Waals surface area contributed by atoms with E-state index in [4.69, 9.17) is 0 Å². The third-order valence-corrected chi connectivity index (χ3v) is 3.95. The lowest BCUT2D eigenvalue weighted by molar-refractivity contribution is 0.0999. The van der Waals surface area contributed by atoms with E-state index in [9.17, 15) is 14.6 Å². The average molecular weight is 342 g/mol. The molecule has 3 N–H and O–H groups in total. The van der Waals surface area contributed by atoms with Crippen LogP contribution in [-0.4, -0.2) is 31.6 Å². The van der Waals surface area contributed by atoms with Crippen LogP contribution in [0, 0.1) is 5.82 Å². The molecule has 0 bridgehead atoms. The summed E-state index contributed by atoms with van der Waals surface area (Å²) >= 11 is 0. The molecule has 0 aliphatic rings. The molecule has 0 spiro atoms. The van der Waals surface area contributed by atoms with E-state index in [1.54, 1.807) is 42.3 Å². The van der Waals surface area contributed by atoms with Crippen LogP contribution in [0.5, 0.6) is 0 Å². The first-order valence-corrected chi connectivity index (χ1v) is 7.83. The standard InChI is InChI=1S/C18H19FN4O2/c1-23-17(12-5-7-20-8-6-12)10-15(22-23)18(25)21-16(11-24)13-3-2-4-14(19)9-13/h2-10,16,18,21,24-25H,11H2,1H3. The Bertz CT molecular complexity index is 838. The molecule has 3 rings (SSSR count). The van der Waals surface area contributed by atoms with Crippen LogP contribution in [-0.2, 0) is 7.05 Å². The molecule has 2 unspecified atom stereocenters. The first kappa shape index (κ1) is 17.2. The maximum Gasteiger partial charge on any atom is 0.150 e. The summed E-state index contributed by atoms with van der Waals surface area (Å²) in [6, 6.07) is 10.7. The number of pyridine rings is 1. The second-order valence-electron chi connectivity index (χ2n) is 5.67. The molecule has 3 aromatic rings. The molecule has 2 heterocycles. The van der Waals surface area contributed by atoms with Gasteiger partial charge >= 0.3 is 0 Å². The van der Waals surface area contributed by atoms with Crippen LogP contribution in [0.4, 0.5) is 4.39 Å². The molecule has 2 atom stereocenters. The zero-order valence-electron chi connectivity index (χ0n) is 13.7. The monoisotopic (exact) mass is 342 g/mol. The lowest BCUT2D eigenvalue weighted by Gasteiger charge is -2.20. The van der Waals surface area contributed by atoms with Gasteiger partial charge in [0.1, 0.15) is 11.5 Å². The van der Waals surface area contributed by atoms with E-state index in [1.807, 2.05) is 12.1 Å². The second kappa shape index (κ2) is 7.52. The van der Waals surface area contributed by atoms with Crippen molar-refractivity contribution in [1.82, 2.24) is 20.1 Å². The molecular weight excluding hydrogens is 323 g/mol. The lowest BCUT2D eigenvalue weighted by atomic mass is 10.1. The van der Waals surface area contributed by atoms with E-state index in [0.29, 0.717) is 11.3 Å². The molecule has 2 aromatic heterocycles. The topological polar surface area (TPSA) is 83.2 Å². The molecule has 0 radical (unpaired) electrons. The molecule has 6 nitrogen and oxygen atoms in total. The van der Waals surface area contributed by atoms with E-state index in [1.165, 1.54) is 12.1 Å². The van der Waals surface area contributed by atoms with Crippen LogP contribution in [0.15, 0.2) is 54.9 Å². The van der Waals surface area contributed by atoms with Gasteiger partial charge in [-0.05, 0) is 35.9 Å². The van der Waals surface area contributed by atoms with E-state index in [-0.39, 0.29) is 6.61 Å². The van der Waals surface area contributed by atoms with Gasteiger partial charge in [0.15, 0.2) is 6.23 Å². The summed E-state index contributed by atoms with van der Waals surface area (Å²) < 4.78 is 15.0. The number of aliphatic hydroxyl groups excluding tert-OH is 2. The molecule has 0 saturated heterocycles. The predicted molar refractivity (Wildman–Crippen MR) is 90.8 cm³/mol. The first-order chi connectivity index (χ1) is 12.1. The molecule has 130 valence electrons. The van der Waals surface area contributed by atoms with E-state index in [2.05, 4.69) is 15.4 Å². The van der Waals surface area contributed by atoms with Gasteiger partial charge in [-0.25, -0.2) is 4.39 Å². The third-order valence-electron chi connectivity index (χ3n) is 3.95. The zero-order valence-corrected chi connectivity index (χ0v) is 13.7. The molecule has 0 aliphatic heterocycles. The van der Waals surface area contributed by atoms with Crippen molar-refractivity contribution in [1.29, 1.82) is 0 Å². The van der Waals surface area contributed by atoms with Crippen molar-refractivity contribution in [2.45, 2.75) is 12.3 Å². The van der Waals surface area contributed by atoms with Gasteiger partial charge in [0.05, 0.1) is 18.3 Å². The lowest BCUT2D eigenvalue weighted by Crippen LogP contribution is -2.29. The first-order valence-electron chi connectivity index (χ1n) is 7.83. The molecule has 25 heavy (non-hydrogen) atoms. The Labute approximate surface area is 144 Å². The van der Waals surface area contributed by atoms with Gasteiger partial charge in [-0.2, -0.15) is 5.10 Å². The minimum absolute atomic E-state index is 0.287. The molecular formula is C18H19FN4O2. The quantitative estimate of drug-likeness (QED) is 0.596. The van der Waals surface area contributed by atoms with Crippen molar-refractivity contribution >= 4 is 0 Å². The van der Waals surface area contributed by atoms with Gasteiger partial charge < -0.3 is 10.2 Å². The fourth-order valence-corrected chi connectivity index (χ4v) is 2.67. The van der Waals surface area contributed by atoms with Crippen molar-refractivity contribution < 1.29 is 14.6 Å². The number of hydrogen-bond acceptors (Lipinski definition) is 5. The van der Waals surface area contributed by atoms with Crippen LogP contribution < -0.4 is 5.32 Å². The minimum Gasteiger partial charge on any atom is -0.394 e. The predicted octanol–water partition coefficient (Wildman–Crippen LogP) is 1.94. The van der Waals surface area contributed by atoms with Crippen LogP contribution in [0.3, 0.4) is 0 Å². The van der Waals surface area contributed by atoms with Gasteiger partial charge in [-0.1, -0.05) is 12.1 Å². The van der Waals surface area contributed by atoms with Crippen LogP contribution in [0.2, 0.25) is 0 Å². The molecule has 1 aromatic carbocycles. The summed E-state index contributed by atoms with van der Waals surface area (Å²) in [4.78, 5) is 3.98. The Balaban J connectivity index is 1.80. The number of aryl methyl sites for hydroxylation is 1. The van der Waals surface area contributed by atoms with Crippen molar-refractivity contribution in [3.8, 4) is 11.3 Å². The Morgan fingerprint density at radius 2 is 1.96 bits per heavy atom.